The zero-order valence-corrected chi connectivity index (χ0v) is 11.8. The minimum atomic E-state index is -0.00743. The van der Waals surface area contributed by atoms with Gasteiger partial charge in [-0.3, -0.25) is 4.79 Å². The molecular formula is C15H24N2O2. The van der Waals surface area contributed by atoms with Crippen molar-refractivity contribution in [3.8, 4) is 0 Å². The number of hydrogen-bond acceptors (Lipinski definition) is 3. The molecule has 4 nitrogen and oxygen atoms in total. The van der Waals surface area contributed by atoms with E-state index >= 15 is 0 Å². The van der Waals surface area contributed by atoms with Crippen LogP contribution in [-0.4, -0.2) is 35.1 Å². The SMILES string of the molecule is CCC(CC)N(CCO)C(=O)Cc1ccccc1N. The maximum atomic E-state index is 12.4. The monoisotopic (exact) mass is 264 g/mol. The van der Waals surface area contributed by atoms with Crippen LogP contribution < -0.4 is 5.73 Å². The normalized spacial score (nSPS) is 10.7. The van der Waals surface area contributed by atoms with Crippen LogP contribution in [0.5, 0.6) is 0 Å². The third-order valence-corrected chi connectivity index (χ3v) is 3.44. The summed E-state index contributed by atoms with van der Waals surface area (Å²) in [5.41, 5.74) is 7.36. The fraction of sp³-hybridized carbons (Fsp3) is 0.533. The van der Waals surface area contributed by atoms with Crippen LogP contribution in [0.15, 0.2) is 24.3 Å². The van der Waals surface area contributed by atoms with E-state index in [9.17, 15) is 4.79 Å². The van der Waals surface area contributed by atoms with E-state index in [-0.39, 0.29) is 18.6 Å². The van der Waals surface area contributed by atoms with Crippen LogP contribution in [0.1, 0.15) is 32.3 Å². The minimum absolute atomic E-state index is 0.00743. The summed E-state index contributed by atoms with van der Waals surface area (Å²) < 4.78 is 0. The quantitative estimate of drug-likeness (QED) is 0.738. The number of rotatable bonds is 7. The Labute approximate surface area is 115 Å². The van der Waals surface area contributed by atoms with Crippen LogP contribution in [0.4, 0.5) is 5.69 Å². The van der Waals surface area contributed by atoms with Crippen molar-refractivity contribution in [2.45, 2.75) is 39.2 Å². The Balaban J connectivity index is 2.80. The molecule has 0 heterocycles. The second kappa shape index (κ2) is 7.79. The van der Waals surface area contributed by atoms with Crippen LogP contribution in [0.2, 0.25) is 0 Å². The van der Waals surface area contributed by atoms with Crippen molar-refractivity contribution in [3.63, 3.8) is 0 Å². The van der Waals surface area contributed by atoms with Gasteiger partial charge >= 0.3 is 0 Å². The van der Waals surface area contributed by atoms with Crippen molar-refractivity contribution in [2.24, 2.45) is 0 Å². The van der Waals surface area contributed by atoms with Gasteiger partial charge in [0.1, 0.15) is 0 Å². The molecule has 0 aliphatic carbocycles. The van der Waals surface area contributed by atoms with Gasteiger partial charge in [-0.05, 0) is 24.5 Å². The minimum Gasteiger partial charge on any atom is -0.398 e. The number of benzene rings is 1. The first kappa shape index (κ1) is 15.5. The Morgan fingerprint density at radius 2 is 1.95 bits per heavy atom. The van der Waals surface area contributed by atoms with E-state index in [0.29, 0.717) is 18.7 Å². The van der Waals surface area contributed by atoms with Gasteiger partial charge in [-0.2, -0.15) is 0 Å². The van der Waals surface area contributed by atoms with Gasteiger partial charge in [0.15, 0.2) is 0 Å². The molecule has 19 heavy (non-hydrogen) atoms. The molecule has 1 amide bonds. The highest BCUT2D eigenvalue weighted by Gasteiger charge is 2.21. The van der Waals surface area contributed by atoms with Gasteiger partial charge in [0, 0.05) is 18.3 Å². The molecule has 0 aromatic heterocycles. The van der Waals surface area contributed by atoms with Gasteiger partial charge in [0.2, 0.25) is 5.91 Å². The van der Waals surface area contributed by atoms with Crippen molar-refractivity contribution < 1.29 is 9.90 Å². The number of hydrogen-bond donors (Lipinski definition) is 2. The summed E-state index contributed by atoms with van der Waals surface area (Å²) in [4.78, 5) is 14.1. The Morgan fingerprint density at radius 3 is 2.47 bits per heavy atom. The Hall–Kier alpha value is -1.55. The molecular weight excluding hydrogens is 240 g/mol. The fourth-order valence-corrected chi connectivity index (χ4v) is 2.31. The lowest BCUT2D eigenvalue weighted by Gasteiger charge is -2.30. The zero-order valence-electron chi connectivity index (χ0n) is 11.8. The summed E-state index contributed by atoms with van der Waals surface area (Å²) in [5.74, 6) is 0.0284. The molecule has 0 spiro atoms. The molecule has 4 heteroatoms. The van der Waals surface area contributed by atoms with Crippen molar-refractivity contribution in [1.82, 2.24) is 4.90 Å². The third kappa shape index (κ3) is 4.24. The average molecular weight is 264 g/mol. The molecule has 1 aromatic carbocycles. The number of nitrogen functional groups attached to an aromatic ring is 1. The van der Waals surface area contributed by atoms with E-state index in [1.54, 1.807) is 11.0 Å². The van der Waals surface area contributed by atoms with Gasteiger partial charge in [-0.1, -0.05) is 32.0 Å². The molecule has 3 N–H and O–H groups in total. The molecule has 1 aromatic rings. The fourth-order valence-electron chi connectivity index (χ4n) is 2.31. The first-order valence-electron chi connectivity index (χ1n) is 6.87. The standard InChI is InChI=1S/C15H24N2O2/c1-3-13(4-2)17(9-10-18)15(19)11-12-7-5-6-8-14(12)16/h5-8,13,18H,3-4,9-11,16H2,1-2H3. The molecule has 0 saturated carbocycles. The molecule has 106 valence electrons. The smallest absolute Gasteiger partial charge is 0.227 e. The molecule has 1 rings (SSSR count). The third-order valence-electron chi connectivity index (χ3n) is 3.44. The van der Waals surface area contributed by atoms with E-state index in [0.717, 1.165) is 18.4 Å². The molecule has 0 aliphatic rings. The van der Waals surface area contributed by atoms with Gasteiger partial charge in [0.25, 0.3) is 0 Å². The van der Waals surface area contributed by atoms with Crippen LogP contribution >= 0.6 is 0 Å². The van der Waals surface area contributed by atoms with Crippen LogP contribution in [0.3, 0.4) is 0 Å². The zero-order chi connectivity index (χ0) is 14.3. The summed E-state index contributed by atoms with van der Waals surface area (Å²) in [5, 5.41) is 9.13. The summed E-state index contributed by atoms with van der Waals surface area (Å²) in [7, 11) is 0. The second-order valence-electron chi connectivity index (χ2n) is 4.66. The highest BCUT2D eigenvalue weighted by Crippen LogP contribution is 2.15. The van der Waals surface area contributed by atoms with E-state index in [1.807, 2.05) is 18.2 Å². The highest BCUT2D eigenvalue weighted by molar-refractivity contribution is 5.80. The lowest BCUT2D eigenvalue weighted by atomic mass is 10.1. The maximum Gasteiger partial charge on any atom is 0.227 e. The molecule has 0 saturated heterocycles. The number of nitrogens with zero attached hydrogens (tertiary/aromatic N) is 1. The summed E-state index contributed by atoms with van der Waals surface area (Å²) in [6.07, 6.45) is 2.09. The summed E-state index contributed by atoms with van der Waals surface area (Å²) >= 11 is 0. The average Bonchev–Trinajstić information content (AvgIpc) is 2.41. The first-order chi connectivity index (χ1) is 9.13. The largest absolute Gasteiger partial charge is 0.398 e. The first-order valence-corrected chi connectivity index (χ1v) is 6.87. The highest BCUT2D eigenvalue weighted by atomic mass is 16.3. The van der Waals surface area contributed by atoms with Crippen LogP contribution in [0.25, 0.3) is 0 Å². The van der Waals surface area contributed by atoms with Gasteiger partial charge in [-0.25, -0.2) is 0 Å². The van der Waals surface area contributed by atoms with E-state index < -0.39 is 0 Å². The van der Waals surface area contributed by atoms with E-state index in [2.05, 4.69) is 13.8 Å². The second-order valence-corrected chi connectivity index (χ2v) is 4.66. The molecule has 0 aliphatic heterocycles. The molecule has 0 radical (unpaired) electrons. The lowest BCUT2D eigenvalue weighted by molar-refractivity contribution is -0.133. The van der Waals surface area contributed by atoms with E-state index in [4.69, 9.17) is 10.8 Å². The number of para-hydroxylation sites is 1. The number of aliphatic hydroxyl groups excluding tert-OH is 1. The maximum absolute atomic E-state index is 12.4. The summed E-state index contributed by atoms with van der Waals surface area (Å²) in [6, 6.07) is 7.60. The van der Waals surface area contributed by atoms with Crippen molar-refractivity contribution in [2.75, 3.05) is 18.9 Å². The molecule has 0 atom stereocenters. The van der Waals surface area contributed by atoms with Gasteiger partial charge < -0.3 is 15.7 Å². The van der Waals surface area contributed by atoms with Crippen molar-refractivity contribution in [1.29, 1.82) is 0 Å². The number of carbonyl (C=O) groups excluding carboxylic acids is 1. The number of anilines is 1. The Bertz CT molecular complexity index is 403. The van der Waals surface area contributed by atoms with Gasteiger partial charge in [-0.15, -0.1) is 0 Å². The number of amides is 1. The van der Waals surface area contributed by atoms with E-state index in [1.165, 1.54) is 0 Å². The Morgan fingerprint density at radius 1 is 1.32 bits per heavy atom. The number of aliphatic hydroxyl groups is 1. The van der Waals surface area contributed by atoms with Crippen LogP contribution in [0, 0.1) is 0 Å². The van der Waals surface area contributed by atoms with Gasteiger partial charge in [0.05, 0.1) is 13.0 Å². The van der Waals surface area contributed by atoms with Crippen LogP contribution in [-0.2, 0) is 11.2 Å². The molecule has 0 fully saturated rings. The lowest BCUT2D eigenvalue weighted by Crippen LogP contribution is -2.42. The summed E-state index contributed by atoms with van der Waals surface area (Å²) in [6.45, 7) is 4.50. The number of nitrogens with two attached hydrogens (primary N) is 1. The van der Waals surface area contributed by atoms with Crippen molar-refractivity contribution in [3.05, 3.63) is 29.8 Å². The molecule has 0 bridgehead atoms. The predicted octanol–water partition coefficient (Wildman–Crippen LogP) is 1.82. The number of carbonyl (C=O) groups is 1. The van der Waals surface area contributed by atoms with Crippen molar-refractivity contribution >= 4 is 11.6 Å². The predicted molar refractivity (Wildman–Crippen MR) is 77.7 cm³/mol. The molecule has 0 unspecified atom stereocenters. The topological polar surface area (TPSA) is 66.6 Å². The Kier molecular flexibility index (Phi) is 6.36.